The summed E-state index contributed by atoms with van der Waals surface area (Å²) in [6.07, 6.45) is 0.939. The summed E-state index contributed by atoms with van der Waals surface area (Å²) in [5.41, 5.74) is 17.2. The first-order valence-electron chi connectivity index (χ1n) is 18.5. The number of guanidine groups is 1. The molecule has 0 saturated carbocycles. The average Bonchev–Trinajstić information content (AvgIpc) is 3.69. The molecule has 0 bridgehead atoms. The third-order valence-electron chi connectivity index (χ3n) is 8.99. The minimum Gasteiger partial charge on any atom is -0.508 e. The molecule has 0 spiro atoms. The van der Waals surface area contributed by atoms with Crippen molar-refractivity contribution in [3.05, 3.63) is 48.0 Å². The van der Waals surface area contributed by atoms with Gasteiger partial charge >= 0.3 is 17.9 Å². The van der Waals surface area contributed by atoms with Crippen LogP contribution in [0.1, 0.15) is 63.6 Å². The molecular weight excluding hydrogens is 778 g/mol. The van der Waals surface area contributed by atoms with E-state index in [4.69, 9.17) is 22.3 Å². The van der Waals surface area contributed by atoms with Gasteiger partial charge in [-0.15, -0.1) is 0 Å². The molecule has 23 nitrogen and oxygen atoms in total. The Labute approximate surface area is 338 Å². The van der Waals surface area contributed by atoms with Crippen molar-refractivity contribution in [2.75, 3.05) is 6.54 Å². The topological polar surface area (TPSA) is 397 Å². The smallest absolute Gasteiger partial charge is 0.326 e. The van der Waals surface area contributed by atoms with Crippen LogP contribution in [0, 0.1) is 5.92 Å². The molecule has 5 amide bonds. The molecule has 2 rings (SSSR count). The number of hydrogen-bond acceptors (Lipinski definition) is 12. The van der Waals surface area contributed by atoms with Crippen LogP contribution >= 0.6 is 0 Å². The Bertz CT molecular complexity index is 1790. The number of phenolic OH excluding ortho intramolecular Hbond substituents is 1. The fourth-order valence-electron chi connectivity index (χ4n) is 5.50. The monoisotopic (exact) mass is 831 g/mol. The van der Waals surface area contributed by atoms with Gasteiger partial charge in [0.2, 0.25) is 29.5 Å². The Morgan fingerprint density at radius 1 is 0.763 bits per heavy atom. The zero-order chi connectivity index (χ0) is 44.2. The summed E-state index contributed by atoms with van der Waals surface area (Å²) in [6.45, 7) is 3.37. The Balaban J connectivity index is 2.42. The van der Waals surface area contributed by atoms with E-state index in [1.807, 2.05) is 0 Å². The maximum Gasteiger partial charge on any atom is 0.326 e. The molecule has 0 aliphatic carbocycles. The van der Waals surface area contributed by atoms with Gasteiger partial charge in [0.05, 0.1) is 18.8 Å². The lowest BCUT2D eigenvalue weighted by Gasteiger charge is -2.28. The first-order chi connectivity index (χ1) is 27.8. The van der Waals surface area contributed by atoms with Crippen LogP contribution in [0.2, 0.25) is 0 Å². The molecule has 0 fully saturated rings. The van der Waals surface area contributed by atoms with Crippen molar-refractivity contribution in [2.24, 2.45) is 28.1 Å². The van der Waals surface area contributed by atoms with Gasteiger partial charge in [-0.3, -0.25) is 38.6 Å². The molecule has 1 heterocycles. The Morgan fingerprint density at radius 3 is 1.86 bits per heavy atom. The number of amides is 5. The Kier molecular flexibility index (Phi) is 19.8. The summed E-state index contributed by atoms with van der Waals surface area (Å²) in [5.74, 6) is -9.87. The highest BCUT2D eigenvalue weighted by atomic mass is 16.4. The lowest BCUT2D eigenvalue weighted by Crippen LogP contribution is -2.60. The first kappa shape index (κ1) is 48.4. The largest absolute Gasteiger partial charge is 0.508 e. The number of carbonyl (C=O) groups excluding carboxylic acids is 5. The van der Waals surface area contributed by atoms with Gasteiger partial charge in [0.1, 0.15) is 36.0 Å². The SMILES string of the molecule is CC[C@H](C)[C@H](NC(=O)[C@@H](N)CCC(=O)O)C(=O)N[C@@H](CC(=O)O)C(=O)N[C@@H](Cc1ccc(O)cc1)C(=O)N[C@@H](Cc1cnc[nH]1)C(=O)N[C@@H](CCCN=C(N)N)C(=O)O. The highest BCUT2D eigenvalue weighted by molar-refractivity contribution is 5.97. The number of imidazole rings is 1. The summed E-state index contributed by atoms with van der Waals surface area (Å²) in [4.78, 5) is 113. The van der Waals surface area contributed by atoms with Crippen molar-refractivity contribution >= 4 is 53.4 Å². The van der Waals surface area contributed by atoms with E-state index < -0.39 is 102 Å². The molecule has 23 heteroatoms. The number of aromatic hydroxyl groups is 1. The minimum atomic E-state index is -1.82. The van der Waals surface area contributed by atoms with Crippen LogP contribution in [0.5, 0.6) is 5.75 Å². The van der Waals surface area contributed by atoms with Crippen LogP contribution in [0.3, 0.4) is 0 Å². The van der Waals surface area contributed by atoms with Crippen molar-refractivity contribution in [3.8, 4) is 5.75 Å². The number of aliphatic imine (C=N–C) groups is 1. The second kappa shape index (κ2) is 24.1. The van der Waals surface area contributed by atoms with Gasteiger partial charge in [-0.25, -0.2) is 9.78 Å². The first-order valence-corrected chi connectivity index (χ1v) is 18.5. The van der Waals surface area contributed by atoms with Crippen molar-refractivity contribution < 1.29 is 58.8 Å². The summed E-state index contributed by atoms with van der Waals surface area (Å²) < 4.78 is 0. The molecule has 7 atom stereocenters. The van der Waals surface area contributed by atoms with E-state index in [-0.39, 0.29) is 50.4 Å². The van der Waals surface area contributed by atoms with Crippen molar-refractivity contribution in [2.45, 2.75) is 101 Å². The van der Waals surface area contributed by atoms with E-state index >= 15 is 0 Å². The molecule has 0 radical (unpaired) electrons. The number of benzene rings is 1. The van der Waals surface area contributed by atoms with Crippen molar-refractivity contribution in [3.63, 3.8) is 0 Å². The fourth-order valence-corrected chi connectivity index (χ4v) is 5.50. The zero-order valence-electron chi connectivity index (χ0n) is 32.6. The number of carboxylic acids is 3. The van der Waals surface area contributed by atoms with Crippen LogP contribution in [0.15, 0.2) is 41.8 Å². The zero-order valence-corrected chi connectivity index (χ0v) is 32.6. The quantitative estimate of drug-likeness (QED) is 0.0258. The maximum absolute atomic E-state index is 14.0. The number of phenols is 1. The molecule has 0 aliphatic heterocycles. The standard InChI is InChI=1S/C36H53N11O12/c1-3-18(2)29(47-30(53)22(37)10-11-27(49)50)34(57)46-26(15-28(51)52)33(56)44-24(13-19-6-8-21(48)9-7-19)31(54)45-25(14-20-16-40-17-42-20)32(55)43-23(35(58)59)5-4-12-41-36(38)39/h6-9,16-18,22-26,29,48H,3-5,10-15,37H2,1-2H3,(H,40,42)(H,43,55)(H,44,56)(H,45,54)(H,46,57)(H,47,53)(H,49,50)(H,51,52)(H,58,59)(H4,38,39,41)/t18-,22-,23-,24-,25-,26-,29-/m0/s1. The van der Waals surface area contributed by atoms with E-state index in [0.29, 0.717) is 17.7 Å². The van der Waals surface area contributed by atoms with Crippen LogP contribution in [0.4, 0.5) is 0 Å². The highest BCUT2D eigenvalue weighted by Gasteiger charge is 2.35. The molecular formula is C36H53N11O12. The lowest BCUT2D eigenvalue weighted by atomic mass is 9.97. The van der Waals surface area contributed by atoms with E-state index in [2.05, 4.69) is 41.5 Å². The van der Waals surface area contributed by atoms with Crippen LogP contribution in [-0.2, 0) is 51.2 Å². The maximum atomic E-state index is 14.0. The Morgan fingerprint density at radius 2 is 1.34 bits per heavy atom. The van der Waals surface area contributed by atoms with Gasteiger partial charge in [-0.1, -0.05) is 32.4 Å². The number of aromatic nitrogens is 2. The summed E-state index contributed by atoms with van der Waals surface area (Å²) in [7, 11) is 0. The number of aromatic amines is 1. The normalized spacial score (nSPS) is 14.4. The van der Waals surface area contributed by atoms with Crippen LogP contribution in [0.25, 0.3) is 0 Å². The van der Waals surface area contributed by atoms with Gasteiger partial charge in [0, 0.05) is 37.7 Å². The molecule has 59 heavy (non-hydrogen) atoms. The predicted octanol–water partition coefficient (Wildman–Crippen LogP) is -2.82. The number of carbonyl (C=O) groups is 8. The van der Waals surface area contributed by atoms with Gasteiger partial charge in [0.25, 0.3) is 0 Å². The van der Waals surface area contributed by atoms with Crippen LogP contribution < -0.4 is 43.8 Å². The summed E-state index contributed by atoms with van der Waals surface area (Å²) in [6, 6.07) is -3.41. The van der Waals surface area contributed by atoms with Crippen molar-refractivity contribution in [1.82, 2.24) is 36.6 Å². The third kappa shape index (κ3) is 17.5. The third-order valence-corrected chi connectivity index (χ3v) is 8.99. The molecule has 324 valence electrons. The number of rotatable bonds is 26. The second-order valence-electron chi connectivity index (χ2n) is 13.7. The van der Waals surface area contributed by atoms with Crippen molar-refractivity contribution in [1.29, 1.82) is 0 Å². The average molecular weight is 832 g/mol. The van der Waals surface area contributed by atoms with E-state index in [1.165, 1.54) is 36.8 Å². The molecule has 1 aromatic heterocycles. The van der Waals surface area contributed by atoms with E-state index in [1.54, 1.807) is 13.8 Å². The molecule has 0 saturated heterocycles. The van der Waals surface area contributed by atoms with Gasteiger partial charge in [-0.05, 0) is 42.9 Å². The van der Waals surface area contributed by atoms with Crippen LogP contribution in [-0.4, -0.2) is 127 Å². The molecule has 2 aromatic rings. The number of aliphatic carboxylic acids is 3. The number of nitrogens with zero attached hydrogens (tertiary/aromatic N) is 2. The molecule has 1 aromatic carbocycles. The number of carboxylic acid groups (broad SMARTS) is 3. The number of hydrogen-bond donors (Lipinski definition) is 13. The van der Waals surface area contributed by atoms with Gasteiger partial charge in [-0.2, -0.15) is 0 Å². The predicted molar refractivity (Wildman–Crippen MR) is 208 cm³/mol. The lowest BCUT2D eigenvalue weighted by molar-refractivity contribution is -0.142. The number of H-pyrrole nitrogens is 1. The van der Waals surface area contributed by atoms with E-state index in [9.17, 15) is 53.7 Å². The summed E-state index contributed by atoms with van der Waals surface area (Å²) >= 11 is 0. The second-order valence-corrected chi connectivity index (χ2v) is 13.7. The highest BCUT2D eigenvalue weighted by Crippen LogP contribution is 2.14. The van der Waals surface area contributed by atoms with Gasteiger partial charge < -0.3 is 69.2 Å². The van der Waals surface area contributed by atoms with Gasteiger partial charge in [0.15, 0.2) is 5.96 Å². The number of nitrogens with one attached hydrogen (secondary N) is 6. The molecule has 0 unspecified atom stereocenters. The minimum absolute atomic E-state index is 0.0773. The van der Waals surface area contributed by atoms with E-state index in [0.717, 1.165) is 0 Å². The molecule has 16 N–H and O–H groups in total. The summed E-state index contributed by atoms with van der Waals surface area (Å²) in [5, 5.41) is 50.4. The fraction of sp³-hybridized carbons (Fsp3) is 0.500. The molecule has 0 aliphatic rings. The number of nitrogens with two attached hydrogens (primary N) is 3. The Hall–Kier alpha value is -6.78.